The lowest BCUT2D eigenvalue weighted by molar-refractivity contribution is -0.136. The number of ether oxygens (including phenoxy) is 1. The molecule has 28 heavy (non-hydrogen) atoms. The van der Waals surface area contributed by atoms with Crippen LogP contribution in [0.1, 0.15) is 5.56 Å². The van der Waals surface area contributed by atoms with Crippen molar-refractivity contribution in [3.8, 4) is 0 Å². The van der Waals surface area contributed by atoms with Crippen molar-refractivity contribution in [2.75, 3.05) is 52.4 Å². The van der Waals surface area contributed by atoms with Gasteiger partial charge in [-0.1, -0.05) is 30.3 Å². The van der Waals surface area contributed by atoms with Crippen LogP contribution in [-0.4, -0.2) is 88.9 Å². The Morgan fingerprint density at radius 2 is 1.86 bits per heavy atom. The van der Waals surface area contributed by atoms with Gasteiger partial charge in [-0.3, -0.25) is 19.3 Å². The summed E-state index contributed by atoms with van der Waals surface area (Å²) < 4.78 is 7.74. The summed E-state index contributed by atoms with van der Waals surface area (Å²) in [5, 5.41) is 4.25. The molecule has 2 aliphatic heterocycles. The fourth-order valence-electron chi connectivity index (χ4n) is 3.94. The van der Waals surface area contributed by atoms with E-state index in [1.54, 1.807) is 6.20 Å². The van der Waals surface area contributed by atoms with Gasteiger partial charge in [-0.2, -0.15) is 5.10 Å². The fourth-order valence-corrected chi connectivity index (χ4v) is 3.94. The normalized spacial score (nSPS) is 21.7. The lowest BCUT2D eigenvalue weighted by Crippen LogP contribution is -2.53. The Morgan fingerprint density at radius 3 is 2.61 bits per heavy atom. The van der Waals surface area contributed by atoms with Gasteiger partial charge < -0.3 is 9.64 Å². The summed E-state index contributed by atoms with van der Waals surface area (Å²) in [6.45, 7) is 7.94. The minimum absolute atomic E-state index is 0.0872. The number of aromatic nitrogens is 2. The molecule has 1 amide bonds. The van der Waals surface area contributed by atoms with Crippen molar-refractivity contribution in [2.45, 2.75) is 19.2 Å². The monoisotopic (exact) mass is 383 g/mol. The standard InChI is InChI=1S/C21H29N5O2/c27-21(18-24-13-14-28-20(16-24)17-26-8-4-7-22-26)25-11-9-23(10-12-25)15-19-5-2-1-3-6-19/h1-8,20H,9-18H2. The molecule has 0 bridgehead atoms. The third kappa shape index (κ3) is 5.19. The van der Waals surface area contributed by atoms with Crippen molar-refractivity contribution in [1.29, 1.82) is 0 Å². The molecule has 0 N–H and O–H groups in total. The van der Waals surface area contributed by atoms with Crippen LogP contribution < -0.4 is 0 Å². The lowest BCUT2D eigenvalue weighted by atomic mass is 10.2. The first-order valence-corrected chi connectivity index (χ1v) is 10.1. The first-order valence-electron chi connectivity index (χ1n) is 10.1. The number of nitrogens with zero attached hydrogens (tertiary/aromatic N) is 5. The van der Waals surface area contributed by atoms with Crippen molar-refractivity contribution in [1.82, 2.24) is 24.5 Å². The Kier molecular flexibility index (Phi) is 6.36. The molecule has 150 valence electrons. The van der Waals surface area contributed by atoms with Gasteiger partial charge in [-0.05, 0) is 11.6 Å². The number of piperazine rings is 1. The van der Waals surface area contributed by atoms with E-state index in [2.05, 4.69) is 39.2 Å². The molecule has 1 aromatic heterocycles. The molecule has 0 radical (unpaired) electrons. The molecule has 2 saturated heterocycles. The van der Waals surface area contributed by atoms with E-state index in [9.17, 15) is 4.79 Å². The highest BCUT2D eigenvalue weighted by Gasteiger charge is 2.26. The molecule has 2 fully saturated rings. The average molecular weight is 383 g/mol. The zero-order chi connectivity index (χ0) is 19.2. The lowest BCUT2D eigenvalue weighted by Gasteiger charge is -2.37. The molecular formula is C21H29N5O2. The summed E-state index contributed by atoms with van der Waals surface area (Å²) >= 11 is 0. The smallest absolute Gasteiger partial charge is 0.236 e. The highest BCUT2D eigenvalue weighted by molar-refractivity contribution is 5.78. The molecule has 1 unspecified atom stereocenters. The van der Waals surface area contributed by atoms with Crippen molar-refractivity contribution in [2.24, 2.45) is 0 Å². The predicted octanol–water partition coefficient (Wildman–Crippen LogP) is 0.928. The van der Waals surface area contributed by atoms with Crippen LogP contribution in [-0.2, 0) is 22.6 Å². The number of amides is 1. The van der Waals surface area contributed by atoms with E-state index < -0.39 is 0 Å². The average Bonchev–Trinajstić information content (AvgIpc) is 3.23. The van der Waals surface area contributed by atoms with Gasteiger partial charge in [0.1, 0.15) is 0 Å². The highest BCUT2D eigenvalue weighted by atomic mass is 16.5. The molecule has 0 spiro atoms. The molecule has 1 aromatic carbocycles. The molecule has 2 aliphatic rings. The number of benzene rings is 1. The molecule has 4 rings (SSSR count). The number of rotatable bonds is 6. The number of carbonyl (C=O) groups is 1. The van der Waals surface area contributed by atoms with Gasteiger partial charge >= 0.3 is 0 Å². The topological polar surface area (TPSA) is 53.8 Å². The summed E-state index contributed by atoms with van der Waals surface area (Å²) in [4.78, 5) is 19.4. The number of hydrogen-bond acceptors (Lipinski definition) is 5. The van der Waals surface area contributed by atoms with Crippen molar-refractivity contribution in [3.63, 3.8) is 0 Å². The largest absolute Gasteiger partial charge is 0.374 e. The molecule has 3 heterocycles. The van der Waals surface area contributed by atoms with E-state index in [1.165, 1.54) is 5.56 Å². The molecule has 7 nitrogen and oxygen atoms in total. The first-order chi connectivity index (χ1) is 13.8. The molecule has 1 atom stereocenters. The van der Waals surface area contributed by atoms with E-state index in [0.29, 0.717) is 13.2 Å². The summed E-state index contributed by atoms with van der Waals surface area (Å²) in [7, 11) is 0. The van der Waals surface area contributed by atoms with Gasteiger partial charge in [0.2, 0.25) is 5.91 Å². The Bertz CT molecular complexity index is 729. The second-order valence-electron chi connectivity index (χ2n) is 7.60. The molecule has 7 heteroatoms. The Balaban J connectivity index is 1.21. The predicted molar refractivity (Wildman–Crippen MR) is 107 cm³/mol. The minimum Gasteiger partial charge on any atom is -0.374 e. The molecule has 0 saturated carbocycles. The van der Waals surface area contributed by atoms with Crippen molar-refractivity contribution in [3.05, 3.63) is 54.4 Å². The van der Waals surface area contributed by atoms with E-state index >= 15 is 0 Å². The number of morpholine rings is 1. The van der Waals surface area contributed by atoms with Gasteiger partial charge in [0.15, 0.2) is 0 Å². The Morgan fingerprint density at radius 1 is 1.04 bits per heavy atom. The summed E-state index contributed by atoms with van der Waals surface area (Å²) in [6.07, 6.45) is 3.81. The number of hydrogen-bond donors (Lipinski definition) is 0. The molecule has 0 aliphatic carbocycles. The van der Waals surface area contributed by atoms with Crippen LogP contribution in [0.15, 0.2) is 48.8 Å². The summed E-state index contributed by atoms with van der Waals surface area (Å²) in [6, 6.07) is 12.5. The van der Waals surface area contributed by atoms with Crippen LogP contribution in [0.3, 0.4) is 0 Å². The quantitative estimate of drug-likeness (QED) is 0.743. The third-order valence-corrected chi connectivity index (χ3v) is 5.51. The van der Waals surface area contributed by atoms with Gasteiger partial charge in [-0.15, -0.1) is 0 Å². The first kappa shape index (κ1) is 19.1. The SMILES string of the molecule is O=C(CN1CCOC(Cn2cccn2)C1)N1CCN(Cc2ccccc2)CC1. The van der Waals surface area contributed by atoms with Crippen LogP contribution in [0, 0.1) is 0 Å². The van der Waals surface area contributed by atoms with Crippen molar-refractivity contribution < 1.29 is 9.53 Å². The van der Waals surface area contributed by atoms with Gasteiger partial charge in [-0.25, -0.2) is 0 Å². The second-order valence-corrected chi connectivity index (χ2v) is 7.60. The van der Waals surface area contributed by atoms with Gasteiger partial charge in [0.05, 0.1) is 25.8 Å². The maximum Gasteiger partial charge on any atom is 0.236 e. The second kappa shape index (κ2) is 9.32. The van der Waals surface area contributed by atoms with E-state index in [0.717, 1.165) is 52.4 Å². The number of carbonyl (C=O) groups excluding carboxylic acids is 1. The van der Waals surface area contributed by atoms with Crippen LogP contribution >= 0.6 is 0 Å². The van der Waals surface area contributed by atoms with E-state index in [1.807, 2.05) is 27.9 Å². The van der Waals surface area contributed by atoms with Gasteiger partial charge in [0, 0.05) is 58.2 Å². The molecule has 2 aromatic rings. The highest BCUT2D eigenvalue weighted by Crippen LogP contribution is 2.11. The fraction of sp³-hybridized carbons (Fsp3) is 0.524. The van der Waals surface area contributed by atoms with Crippen LogP contribution in [0.4, 0.5) is 0 Å². The maximum atomic E-state index is 12.8. The van der Waals surface area contributed by atoms with Crippen molar-refractivity contribution >= 4 is 5.91 Å². The minimum atomic E-state index is 0.0872. The summed E-state index contributed by atoms with van der Waals surface area (Å²) in [5.74, 6) is 0.235. The maximum absolute atomic E-state index is 12.8. The van der Waals surface area contributed by atoms with E-state index in [4.69, 9.17) is 4.74 Å². The summed E-state index contributed by atoms with van der Waals surface area (Å²) in [5.41, 5.74) is 1.33. The van der Waals surface area contributed by atoms with Gasteiger partial charge in [0.25, 0.3) is 0 Å². The zero-order valence-electron chi connectivity index (χ0n) is 16.3. The molecular weight excluding hydrogens is 354 g/mol. The van der Waals surface area contributed by atoms with Crippen LogP contribution in [0.5, 0.6) is 0 Å². The Labute approximate surface area is 166 Å². The van der Waals surface area contributed by atoms with E-state index in [-0.39, 0.29) is 12.0 Å². The van der Waals surface area contributed by atoms with Crippen LogP contribution in [0.25, 0.3) is 0 Å². The van der Waals surface area contributed by atoms with Crippen LogP contribution in [0.2, 0.25) is 0 Å². The third-order valence-electron chi connectivity index (χ3n) is 5.51. The zero-order valence-corrected chi connectivity index (χ0v) is 16.3. The Hall–Kier alpha value is -2.22.